The molecule has 1 saturated heterocycles. The third kappa shape index (κ3) is 5.69. The van der Waals surface area contributed by atoms with Crippen molar-refractivity contribution in [2.24, 2.45) is 0 Å². The van der Waals surface area contributed by atoms with Gasteiger partial charge in [-0.2, -0.15) is 0 Å². The second-order valence-electron chi connectivity index (χ2n) is 10.8. The number of carbonyl (C=O) groups excluding carboxylic acids is 1. The van der Waals surface area contributed by atoms with Gasteiger partial charge in [0.05, 0.1) is 28.2 Å². The summed E-state index contributed by atoms with van der Waals surface area (Å²) in [5.41, 5.74) is 2.67. The number of carboxylic acids is 1. The van der Waals surface area contributed by atoms with Crippen molar-refractivity contribution < 1.29 is 23.5 Å². The summed E-state index contributed by atoms with van der Waals surface area (Å²) in [6, 6.07) is 8.72. The molecule has 0 saturated carbocycles. The Labute approximate surface area is 226 Å². The maximum atomic E-state index is 13.7. The van der Waals surface area contributed by atoms with E-state index in [1.165, 1.54) is 6.07 Å². The molecule has 2 N–H and O–H groups in total. The highest BCUT2D eigenvalue weighted by Crippen LogP contribution is 2.30. The molecule has 39 heavy (non-hydrogen) atoms. The summed E-state index contributed by atoms with van der Waals surface area (Å²) in [7, 11) is 0. The molecule has 3 heterocycles. The number of aromatic carboxylic acids is 1. The van der Waals surface area contributed by atoms with Crippen molar-refractivity contribution in [2.75, 3.05) is 29.9 Å². The third-order valence-corrected chi connectivity index (χ3v) is 6.96. The summed E-state index contributed by atoms with van der Waals surface area (Å²) >= 11 is 0. The Morgan fingerprint density at radius 3 is 2.33 bits per heavy atom. The van der Waals surface area contributed by atoms with E-state index in [2.05, 4.69) is 20.2 Å². The number of piperazine rings is 1. The van der Waals surface area contributed by atoms with Crippen LogP contribution in [0.15, 0.2) is 36.4 Å². The fraction of sp³-hybridized carbons (Fsp3) is 0.379. The Morgan fingerprint density at radius 2 is 1.74 bits per heavy atom. The quantitative estimate of drug-likeness (QED) is 0.418. The lowest BCUT2D eigenvalue weighted by Crippen LogP contribution is -2.61. The Hall–Kier alpha value is -4.08. The molecule has 1 fully saturated rings. The summed E-state index contributed by atoms with van der Waals surface area (Å²) in [5, 5.41) is 12.5. The summed E-state index contributed by atoms with van der Waals surface area (Å²) in [6.45, 7) is 12.8. The Kier molecular flexibility index (Phi) is 7.59. The summed E-state index contributed by atoms with van der Waals surface area (Å²) < 4.78 is 27.0. The Morgan fingerprint density at radius 1 is 1.03 bits per heavy atom. The van der Waals surface area contributed by atoms with Gasteiger partial charge in [0.2, 0.25) is 0 Å². The Balaban J connectivity index is 1.56. The van der Waals surface area contributed by atoms with Crippen LogP contribution in [0, 0.1) is 25.5 Å². The minimum absolute atomic E-state index is 0.0401. The van der Waals surface area contributed by atoms with E-state index in [1.54, 1.807) is 36.9 Å². The number of carboxylic acid groups (broad SMARTS) is 1. The van der Waals surface area contributed by atoms with Gasteiger partial charge in [-0.15, -0.1) is 0 Å². The maximum absolute atomic E-state index is 13.7. The largest absolute Gasteiger partial charge is 0.478 e. The monoisotopic (exact) mass is 537 g/mol. The van der Waals surface area contributed by atoms with Gasteiger partial charge < -0.3 is 20.2 Å². The Bertz CT molecular complexity index is 1420. The second kappa shape index (κ2) is 10.6. The van der Waals surface area contributed by atoms with E-state index in [4.69, 9.17) is 0 Å². The molecule has 2 aromatic heterocycles. The van der Waals surface area contributed by atoms with Crippen LogP contribution in [-0.2, 0) is 0 Å². The number of aromatic nitrogens is 2. The molecule has 3 aromatic rings. The first-order valence-corrected chi connectivity index (χ1v) is 12.8. The maximum Gasteiger partial charge on any atom is 0.337 e. The smallest absolute Gasteiger partial charge is 0.337 e. The normalized spacial score (nSPS) is 15.0. The van der Waals surface area contributed by atoms with E-state index >= 15 is 0 Å². The summed E-state index contributed by atoms with van der Waals surface area (Å²) in [5.74, 6) is -2.44. The fourth-order valence-corrected chi connectivity index (χ4v) is 5.03. The topological polar surface area (TPSA) is 98.7 Å². The van der Waals surface area contributed by atoms with Gasteiger partial charge in [-0.3, -0.25) is 4.79 Å². The van der Waals surface area contributed by atoms with Crippen molar-refractivity contribution in [3.63, 3.8) is 0 Å². The van der Waals surface area contributed by atoms with Crippen LogP contribution in [0.3, 0.4) is 0 Å². The van der Waals surface area contributed by atoms with Gasteiger partial charge in [-0.1, -0.05) is 13.8 Å². The molecule has 0 bridgehead atoms. The van der Waals surface area contributed by atoms with E-state index in [0.717, 1.165) is 12.1 Å². The molecule has 8 nitrogen and oxygen atoms in total. The highest BCUT2D eigenvalue weighted by molar-refractivity contribution is 5.94. The van der Waals surface area contributed by atoms with Crippen LogP contribution in [-0.4, -0.2) is 57.0 Å². The van der Waals surface area contributed by atoms with Crippen molar-refractivity contribution in [1.29, 1.82) is 0 Å². The van der Waals surface area contributed by atoms with Crippen LogP contribution in [0.5, 0.6) is 0 Å². The SMILES string of the molecule is Cc1cc(N2CCN(C(=O)c3ccc(Nc4ccc(F)c(F)c4)c(C(C)C)n3)C(C)(C)C2)nc(C)c1C(=O)O. The van der Waals surface area contributed by atoms with E-state index in [1.807, 2.05) is 27.7 Å². The van der Waals surface area contributed by atoms with Gasteiger partial charge in [-0.05, 0) is 69.5 Å². The molecule has 0 unspecified atom stereocenters. The third-order valence-electron chi connectivity index (χ3n) is 6.96. The number of amides is 1. The zero-order valence-corrected chi connectivity index (χ0v) is 23.0. The first kappa shape index (κ1) is 27.9. The predicted octanol–water partition coefficient (Wildman–Crippen LogP) is 5.68. The van der Waals surface area contributed by atoms with Gasteiger partial charge in [0.25, 0.3) is 5.91 Å². The minimum Gasteiger partial charge on any atom is -0.478 e. The molecule has 0 radical (unpaired) electrons. The molecular weight excluding hydrogens is 504 g/mol. The lowest BCUT2D eigenvalue weighted by atomic mass is 9.97. The first-order chi connectivity index (χ1) is 18.3. The molecule has 4 rings (SSSR count). The van der Waals surface area contributed by atoms with Crippen molar-refractivity contribution in [1.82, 2.24) is 14.9 Å². The predicted molar refractivity (Wildman–Crippen MR) is 146 cm³/mol. The molecule has 1 amide bonds. The lowest BCUT2D eigenvalue weighted by Gasteiger charge is -2.47. The zero-order chi connectivity index (χ0) is 28.6. The van der Waals surface area contributed by atoms with Crippen LogP contribution >= 0.6 is 0 Å². The molecule has 1 aromatic carbocycles. The number of benzene rings is 1. The number of nitrogens with one attached hydrogen (secondary N) is 1. The van der Waals surface area contributed by atoms with Crippen LogP contribution < -0.4 is 10.2 Å². The van der Waals surface area contributed by atoms with Gasteiger partial charge in [0.1, 0.15) is 11.5 Å². The number of anilines is 3. The van der Waals surface area contributed by atoms with Gasteiger partial charge in [0.15, 0.2) is 11.6 Å². The van der Waals surface area contributed by atoms with E-state index in [0.29, 0.717) is 59.5 Å². The standard InChI is InChI=1S/C29H33F2N5O3/c1-16(2)26-22(33-19-7-8-20(30)21(31)14-19)9-10-23(34-26)27(37)36-12-11-35(15-29(36,5)6)24-13-17(3)25(28(38)39)18(4)32-24/h7-10,13-14,16,33H,11-12,15H2,1-6H3,(H,38,39). The average Bonchev–Trinajstić information content (AvgIpc) is 2.84. The number of aryl methyl sites for hydroxylation is 2. The molecular formula is C29H33F2N5O3. The number of nitrogens with zero attached hydrogens (tertiary/aromatic N) is 4. The van der Waals surface area contributed by atoms with Gasteiger partial charge in [-0.25, -0.2) is 23.5 Å². The molecule has 0 spiro atoms. The number of halogens is 2. The number of pyridine rings is 2. The highest BCUT2D eigenvalue weighted by Gasteiger charge is 2.38. The lowest BCUT2D eigenvalue weighted by molar-refractivity contribution is 0.0506. The van der Waals surface area contributed by atoms with Crippen molar-refractivity contribution in [3.05, 3.63) is 76.2 Å². The van der Waals surface area contributed by atoms with Gasteiger partial charge >= 0.3 is 5.97 Å². The van der Waals surface area contributed by atoms with Crippen LogP contribution in [0.1, 0.15) is 71.4 Å². The number of hydrogen-bond acceptors (Lipinski definition) is 6. The number of carbonyl (C=O) groups is 2. The van der Waals surface area contributed by atoms with Crippen LogP contribution in [0.4, 0.5) is 26.0 Å². The van der Waals surface area contributed by atoms with Crippen LogP contribution in [0.2, 0.25) is 0 Å². The van der Waals surface area contributed by atoms with E-state index in [9.17, 15) is 23.5 Å². The number of rotatable bonds is 6. The molecule has 0 aliphatic carbocycles. The minimum atomic E-state index is -1.00. The van der Waals surface area contributed by atoms with Crippen LogP contribution in [0.25, 0.3) is 0 Å². The molecule has 1 aliphatic rings. The fourth-order valence-electron chi connectivity index (χ4n) is 5.03. The first-order valence-electron chi connectivity index (χ1n) is 12.8. The molecule has 10 heteroatoms. The van der Waals surface area contributed by atoms with E-state index in [-0.39, 0.29) is 17.4 Å². The summed E-state index contributed by atoms with van der Waals surface area (Å²) in [4.78, 5) is 38.3. The zero-order valence-electron chi connectivity index (χ0n) is 23.0. The highest BCUT2D eigenvalue weighted by atomic mass is 19.2. The average molecular weight is 538 g/mol. The summed E-state index contributed by atoms with van der Waals surface area (Å²) in [6.07, 6.45) is 0. The van der Waals surface area contributed by atoms with Crippen molar-refractivity contribution in [2.45, 2.75) is 53.0 Å². The van der Waals surface area contributed by atoms with Crippen molar-refractivity contribution in [3.8, 4) is 0 Å². The molecule has 0 atom stereocenters. The van der Waals surface area contributed by atoms with Crippen molar-refractivity contribution >= 4 is 29.1 Å². The second-order valence-corrected chi connectivity index (χ2v) is 10.8. The molecule has 1 aliphatic heterocycles. The molecule has 206 valence electrons. The number of hydrogen-bond donors (Lipinski definition) is 2. The van der Waals surface area contributed by atoms with Gasteiger partial charge in [0, 0.05) is 31.4 Å². The van der Waals surface area contributed by atoms with E-state index < -0.39 is 23.1 Å².